The highest BCUT2D eigenvalue weighted by Gasteiger charge is 2.36. The highest BCUT2D eigenvalue weighted by atomic mass is 16.5. The monoisotopic (exact) mass is 251 g/mol. The number of amides is 1. The summed E-state index contributed by atoms with van der Waals surface area (Å²) in [6, 6.07) is 5.41. The Bertz CT molecular complexity index is 460. The summed E-state index contributed by atoms with van der Waals surface area (Å²) in [5.41, 5.74) is 0.931. The number of hydrogen-bond donors (Lipinski definition) is 1. The lowest BCUT2D eigenvalue weighted by molar-refractivity contribution is -0.134. The highest BCUT2D eigenvalue weighted by molar-refractivity contribution is 5.83. The molecule has 0 aromatic heterocycles. The van der Waals surface area contributed by atoms with E-state index >= 15 is 0 Å². The topological polar surface area (TPSA) is 59.0 Å². The SMILES string of the molecule is COc1ccc([C@H]2C[C@H](O)C(=O)N2C)cc1OC. The van der Waals surface area contributed by atoms with Crippen molar-refractivity contribution in [2.24, 2.45) is 0 Å². The van der Waals surface area contributed by atoms with Gasteiger partial charge in [-0.25, -0.2) is 0 Å². The van der Waals surface area contributed by atoms with Gasteiger partial charge in [-0.15, -0.1) is 0 Å². The number of likely N-dealkylation sites (N-methyl/N-ethyl adjacent to an activating group) is 1. The molecule has 5 heteroatoms. The molecule has 1 aromatic carbocycles. The predicted molar refractivity (Wildman–Crippen MR) is 65.7 cm³/mol. The van der Waals surface area contributed by atoms with Crippen LogP contribution in [0.3, 0.4) is 0 Å². The summed E-state index contributed by atoms with van der Waals surface area (Å²) >= 11 is 0. The summed E-state index contributed by atoms with van der Waals surface area (Å²) in [6.45, 7) is 0. The zero-order valence-electron chi connectivity index (χ0n) is 10.7. The standard InChI is InChI=1S/C13H17NO4/c1-14-9(7-10(15)13(14)16)8-4-5-11(17-2)12(6-8)18-3/h4-6,9-10,15H,7H2,1-3H3/t9-,10+/m1/s1. The summed E-state index contributed by atoms with van der Waals surface area (Å²) in [5.74, 6) is 1.03. The highest BCUT2D eigenvalue weighted by Crippen LogP contribution is 2.36. The summed E-state index contributed by atoms with van der Waals surface area (Å²) in [4.78, 5) is 13.1. The molecule has 0 radical (unpaired) electrons. The molecule has 1 N–H and O–H groups in total. The summed E-state index contributed by atoms with van der Waals surface area (Å²) < 4.78 is 10.4. The second-order valence-electron chi connectivity index (χ2n) is 4.33. The van der Waals surface area contributed by atoms with E-state index in [-0.39, 0.29) is 11.9 Å². The third kappa shape index (κ3) is 2.01. The molecule has 0 aliphatic carbocycles. The number of rotatable bonds is 3. The van der Waals surface area contributed by atoms with E-state index in [1.54, 1.807) is 32.2 Å². The minimum atomic E-state index is -0.909. The molecular weight excluding hydrogens is 234 g/mol. The van der Waals surface area contributed by atoms with Crippen molar-refractivity contribution in [1.82, 2.24) is 4.90 Å². The fourth-order valence-electron chi connectivity index (χ4n) is 2.28. The first-order valence-corrected chi connectivity index (χ1v) is 5.75. The van der Waals surface area contributed by atoms with Gasteiger partial charge in [0.1, 0.15) is 6.10 Å². The minimum Gasteiger partial charge on any atom is -0.493 e. The number of aliphatic hydroxyl groups is 1. The van der Waals surface area contributed by atoms with Gasteiger partial charge in [0, 0.05) is 13.5 Å². The molecule has 1 aliphatic heterocycles. The van der Waals surface area contributed by atoms with E-state index in [9.17, 15) is 9.90 Å². The number of nitrogens with zero attached hydrogens (tertiary/aromatic N) is 1. The zero-order valence-corrected chi connectivity index (χ0v) is 10.7. The second-order valence-corrected chi connectivity index (χ2v) is 4.33. The van der Waals surface area contributed by atoms with Crippen LogP contribution in [0.4, 0.5) is 0 Å². The van der Waals surface area contributed by atoms with Gasteiger partial charge in [-0.05, 0) is 17.7 Å². The molecule has 98 valence electrons. The van der Waals surface area contributed by atoms with Crippen LogP contribution in [-0.2, 0) is 4.79 Å². The summed E-state index contributed by atoms with van der Waals surface area (Å²) in [6.07, 6.45) is -0.502. The van der Waals surface area contributed by atoms with Crippen LogP contribution in [0, 0.1) is 0 Å². The Balaban J connectivity index is 2.32. The van der Waals surface area contributed by atoms with Gasteiger partial charge in [0.05, 0.1) is 20.3 Å². The van der Waals surface area contributed by atoms with E-state index in [0.29, 0.717) is 17.9 Å². The van der Waals surface area contributed by atoms with Crippen LogP contribution in [0.2, 0.25) is 0 Å². The lowest BCUT2D eigenvalue weighted by Crippen LogP contribution is -2.26. The number of ether oxygens (including phenoxy) is 2. The first-order chi connectivity index (χ1) is 8.58. The lowest BCUT2D eigenvalue weighted by Gasteiger charge is -2.20. The van der Waals surface area contributed by atoms with E-state index in [1.165, 1.54) is 0 Å². The van der Waals surface area contributed by atoms with E-state index < -0.39 is 6.10 Å². The Kier molecular flexibility index (Phi) is 3.43. The van der Waals surface area contributed by atoms with Crippen molar-refractivity contribution in [3.05, 3.63) is 23.8 Å². The molecule has 0 saturated carbocycles. The number of aliphatic hydroxyl groups excluding tert-OH is 1. The quantitative estimate of drug-likeness (QED) is 0.869. The molecule has 0 spiro atoms. The van der Waals surface area contributed by atoms with Crippen LogP contribution in [0.15, 0.2) is 18.2 Å². The van der Waals surface area contributed by atoms with E-state index in [4.69, 9.17) is 9.47 Å². The molecule has 1 fully saturated rings. The van der Waals surface area contributed by atoms with Crippen LogP contribution < -0.4 is 9.47 Å². The van der Waals surface area contributed by atoms with Gasteiger partial charge in [-0.2, -0.15) is 0 Å². The lowest BCUT2D eigenvalue weighted by atomic mass is 10.0. The van der Waals surface area contributed by atoms with Crippen molar-refractivity contribution in [2.75, 3.05) is 21.3 Å². The first kappa shape index (κ1) is 12.7. The molecule has 2 atom stereocenters. The van der Waals surface area contributed by atoms with Crippen molar-refractivity contribution >= 4 is 5.91 Å². The van der Waals surface area contributed by atoms with Gasteiger partial charge in [0.2, 0.25) is 0 Å². The van der Waals surface area contributed by atoms with Gasteiger partial charge >= 0.3 is 0 Å². The molecule has 0 unspecified atom stereocenters. The van der Waals surface area contributed by atoms with Crippen LogP contribution in [-0.4, -0.2) is 43.3 Å². The Labute approximate surface area is 106 Å². The molecule has 5 nitrogen and oxygen atoms in total. The number of benzene rings is 1. The van der Waals surface area contributed by atoms with Gasteiger partial charge in [-0.1, -0.05) is 6.07 Å². The number of likely N-dealkylation sites (tertiary alicyclic amines) is 1. The maximum atomic E-state index is 11.6. The number of carbonyl (C=O) groups excluding carboxylic acids is 1. The van der Waals surface area contributed by atoms with Gasteiger partial charge < -0.3 is 19.5 Å². The average molecular weight is 251 g/mol. The third-order valence-corrected chi connectivity index (χ3v) is 3.34. The summed E-state index contributed by atoms with van der Waals surface area (Å²) in [7, 11) is 4.84. The van der Waals surface area contributed by atoms with Crippen molar-refractivity contribution < 1.29 is 19.4 Å². The number of hydrogen-bond acceptors (Lipinski definition) is 4. The van der Waals surface area contributed by atoms with Crippen LogP contribution in [0.25, 0.3) is 0 Å². The van der Waals surface area contributed by atoms with Crippen LogP contribution in [0.1, 0.15) is 18.0 Å². The molecule has 1 amide bonds. The number of carbonyl (C=O) groups is 1. The molecular formula is C13H17NO4. The molecule has 1 aliphatic rings. The average Bonchev–Trinajstić information content (AvgIpc) is 2.65. The molecule has 0 bridgehead atoms. The summed E-state index contributed by atoms with van der Waals surface area (Å²) in [5, 5.41) is 9.58. The maximum absolute atomic E-state index is 11.6. The Hall–Kier alpha value is -1.75. The molecule has 1 heterocycles. The largest absolute Gasteiger partial charge is 0.493 e. The number of methoxy groups -OCH3 is 2. The van der Waals surface area contributed by atoms with E-state index in [2.05, 4.69) is 0 Å². The van der Waals surface area contributed by atoms with Crippen molar-refractivity contribution in [3.63, 3.8) is 0 Å². The fraction of sp³-hybridized carbons (Fsp3) is 0.462. The van der Waals surface area contributed by atoms with Crippen molar-refractivity contribution in [2.45, 2.75) is 18.6 Å². The Morgan fingerprint density at radius 2 is 1.94 bits per heavy atom. The first-order valence-electron chi connectivity index (χ1n) is 5.75. The normalized spacial score (nSPS) is 23.3. The van der Waals surface area contributed by atoms with E-state index in [1.807, 2.05) is 12.1 Å². The Morgan fingerprint density at radius 3 is 2.44 bits per heavy atom. The van der Waals surface area contributed by atoms with Crippen molar-refractivity contribution in [1.29, 1.82) is 0 Å². The molecule has 18 heavy (non-hydrogen) atoms. The molecule has 2 rings (SSSR count). The molecule has 1 aromatic rings. The fourth-order valence-corrected chi connectivity index (χ4v) is 2.28. The van der Waals surface area contributed by atoms with Gasteiger partial charge in [-0.3, -0.25) is 4.79 Å². The predicted octanol–water partition coefficient (Wildman–Crippen LogP) is 0.968. The minimum absolute atomic E-state index is 0.118. The third-order valence-electron chi connectivity index (χ3n) is 3.34. The van der Waals surface area contributed by atoms with Gasteiger partial charge in [0.25, 0.3) is 5.91 Å². The van der Waals surface area contributed by atoms with Crippen LogP contribution in [0.5, 0.6) is 11.5 Å². The van der Waals surface area contributed by atoms with Crippen molar-refractivity contribution in [3.8, 4) is 11.5 Å². The second kappa shape index (κ2) is 4.86. The van der Waals surface area contributed by atoms with Gasteiger partial charge in [0.15, 0.2) is 11.5 Å². The Morgan fingerprint density at radius 1 is 1.28 bits per heavy atom. The smallest absolute Gasteiger partial charge is 0.251 e. The zero-order chi connectivity index (χ0) is 13.3. The van der Waals surface area contributed by atoms with E-state index in [0.717, 1.165) is 5.56 Å². The maximum Gasteiger partial charge on any atom is 0.251 e. The molecule has 1 saturated heterocycles. The van der Waals surface area contributed by atoms with Crippen LogP contribution >= 0.6 is 0 Å².